The molecular formula is C22H19BrN2O3. The van der Waals surface area contributed by atoms with Gasteiger partial charge in [0.15, 0.2) is 0 Å². The fourth-order valence-electron chi connectivity index (χ4n) is 2.45. The van der Waals surface area contributed by atoms with E-state index in [1.54, 1.807) is 37.6 Å². The van der Waals surface area contributed by atoms with Gasteiger partial charge in [-0.3, -0.25) is 4.79 Å². The zero-order valence-electron chi connectivity index (χ0n) is 15.3. The van der Waals surface area contributed by atoms with Crippen molar-refractivity contribution < 1.29 is 14.3 Å². The van der Waals surface area contributed by atoms with E-state index < -0.39 is 0 Å². The third-order valence-corrected chi connectivity index (χ3v) is 4.46. The van der Waals surface area contributed by atoms with Gasteiger partial charge in [0, 0.05) is 15.6 Å². The van der Waals surface area contributed by atoms with Crippen molar-refractivity contribution in [1.29, 1.82) is 0 Å². The lowest BCUT2D eigenvalue weighted by Crippen LogP contribution is -2.17. The monoisotopic (exact) mass is 438 g/mol. The number of hydrogen-bond acceptors (Lipinski definition) is 4. The average Bonchev–Trinajstić information content (AvgIpc) is 2.74. The molecule has 0 aliphatic carbocycles. The van der Waals surface area contributed by atoms with E-state index in [-0.39, 0.29) is 5.91 Å². The molecule has 1 amide bonds. The lowest BCUT2D eigenvalue weighted by Gasteiger charge is -2.09. The molecule has 28 heavy (non-hydrogen) atoms. The number of methoxy groups -OCH3 is 1. The van der Waals surface area contributed by atoms with Crippen LogP contribution in [0.2, 0.25) is 0 Å². The summed E-state index contributed by atoms with van der Waals surface area (Å²) in [6.07, 6.45) is 1.56. The van der Waals surface area contributed by atoms with Crippen LogP contribution < -0.4 is 14.9 Å². The second-order valence-corrected chi connectivity index (χ2v) is 6.80. The number of nitrogens with zero attached hydrogens (tertiary/aromatic N) is 1. The molecule has 3 aromatic carbocycles. The van der Waals surface area contributed by atoms with Crippen molar-refractivity contribution in [2.45, 2.75) is 6.61 Å². The maximum atomic E-state index is 12.2. The Bertz CT molecular complexity index is 972. The summed E-state index contributed by atoms with van der Waals surface area (Å²) in [5.74, 6) is 0.983. The first-order chi connectivity index (χ1) is 13.7. The Hall–Kier alpha value is -3.12. The molecule has 0 aliphatic rings. The molecular weight excluding hydrogens is 420 g/mol. The van der Waals surface area contributed by atoms with Crippen LogP contribution in [-0.2, 0) is 6.61 Å². The molecule has 0 aromatic heterocycles. The van der Waals surface area contributed by atoms with Gasteiger partial charge in [-0.1, -0.05) is 46.3 Å². The standard InChI is InChI=1S/C22H19BrN2O3/c1-27-20-7-4-6-17(13-20)22(26)25-24-14-18-5-2-3-8-21(18)28-15-16-9-11-19(23)12-10-16/h2-14H,15H2,1H3,(H,25,26)/b24-14-. The van der Waals surface area contributed by atoms with Crippen molar-refractivity contribution in [3.63, 3.8) is 0 Å². The molecule has 0 fully saturated rings. The van der Waals surface area contributed by atoms with Crippen LogP contribution in [0.4, 0.5) is 0 Å². The molecule has 0 spiro atoms. The minimum atomic E-state index is -0.316. The van der Waals surface area contributed by atoms with Crippen molar-refractivity contribution >= 4 is 28.1 Å². The van der Waals surface area contributed by atoms with E-state index in [1.165, 1.54) is 0 Å². The van der Waals surface area contributed by atoms with E-state index >= 15 is 0 Å². The van der Waals surface area contributed by atoms with Gasteiger partial charge in [0.25, 0.3) is 5.91 Å². The van der Waals surface area contributed by atoms with Crippen LogP contribution in [0.3, 0.4) is 0 Å². The Morgan fingerprint density at radius 2 is 1.86 bits per heavy atom. The number of para-hydroxylation sites is 1. The van der Waals surface area contributed by atoms with Crippen molar-refractivity contribution in [1.82, 2.24) is 5.43 Å². The normalized spacial score (nSPS) is 10.6. The molecule has 0 radical (unpaired) electrons. The summed E-state index contributed by atoms with van der Waals surface area (Å²) in [7, 11) is 1.56. The minimum absolute atomic E-state index is 0.316. The van der Waals surface area contributed by atoms with Gasteiger partial charge < -0.3 is 9.47 Å². The van der Waals surface area contributed by atoms with Gasteiger partial charge >= 0.3 is 0 Å². The third kappa shape index (κ3) is 5.44. The minimum Gasteiger partial charge on any atom is -0.497 e. The summed E-state index contributed by atoms with van der Waals surface area (Å²) in [6, 6.07) is 22.3. The van der Waals surface area contributed by atoms with Crippen LogP contribution in [0.15, 0.2) is 82.4 Å². The smallest absolute Gasteiger partial charge is 0.271 e. The number of hydrogen-bond donors (Lipinski definition) is 1. The molecule has 3 rings (SSSR count). The highest BCUT2D eigenvalue weighted by Gasteiger charge is 2.06. The highest BCUT2D eigenvalue weighted by Crippen LogP contribution is 2.18. The molecule has 6 heteroatoms. The van der Waals surface area contributed by atoms with Gasteiger partial charge in [0.05, 0.1) is 13.3 Å². The van der Waals surface area contributed by atoms with E-state index in [0.717, 1.165) is 15.6 Å². The topological polar surface area (TPSA) is 59.9 Å². The molecule has 0 atom stereocenters. The first kappa shape index (κ1) is 19.6. The van der Waals surface area contributed by atoms with Crippen molar-refractivity contribution in [2.24, 2.45) is 5.10 Å². The highest BCUT2D eigenvalue weighted by atomic mass is 79.9. The number of halogens is 1. The Morgan fingerprint density at radius 1 is 1.07 bits per heavy atom. The van der Waals surface area contributed by atoms with Crippen LogP contribution in [0.5, 0.6) is 11.5 Å². The third-order valence-electron chi connectivity index (χ3n) is 3.93. The van der Waals surface area contributed by atoms with E-state index in [4.69, 9.17) is 9.47 Å². The van der Waals surface area contributed by atoms with Crippen molar-refractivity contribution in [2.75, 3.05) is 7.11 Å². The fraction of sp³-hybridized carbons (Fsp3) is 0.0909. The number of amides is 1. The number of ether oxygens (including phenoxy) is 2. The molecule has 0 aliphatic heterocycles. The van der Waals surface area contributed by atoms with Crippen LogP contribution in [0, 0.1) is 0 Å². The van der Waals surface area contributed by atoms with E-state index in [1.807, 2.05) is 48.5 Å². The number of benzene rings is 3. The second kappa shape index (κ2) is 9.71. The highest BCUT2D eigenvalue weighted by molar-refractivity contribution is 9.10. The summed E-state index contributed by atoms with van der Waals surface area (Å²) in [6.45, 7) is 0.439. The van der Waals surface area contributed by atoms with Crippen molar-refractivity contribution in [3.8, 4) is 11.5 Å². The number of carbonyl (C=O) groups is 1. The summed E-state index contributed by atoms with van der Waals surface area (Å²) in [4.78, 5) is 12.2. The van der Waals surface area contributed by atoms with Crippen LogP contribution in [0.25, 0.3) is 0 Å². The molecule has 3 aromatic rings. The zero-order valence-corrected chi connectivity index (χ0v) is 16.8. The summed E-state index contributed by atoms with van der Waals surface area (Å²) in [5, 5.41) is 4.05. The number of hydrazone groups is 1. The summed E-state index contributed by atoms with van der Waals surface area (Å²) >= 11 is 3.42. The largest absolute Gasteiger partial charge is 0.497 e. The number of carbonyl (C=O) groups excluding carboxylic acids is 1. The molecule has 0 unspecified atom stereocenters. The first-order valence-electron chi connectivity index (χ1n) is 8.59. The maximum absolute atomic E-state index is 12.2. The van der Waals surface area contributed by atoms with Gasteiger partial charge in [-0.15, -0.1) is 0 Å². The van der Waals surface area contributed by atoms with E-state index in [9.17, 15) is 4.79 Å². The van der Waals surface area contributed by atoms with Crippen LogP contribution >= 0.6 is 15.9 Å². The molecule has 0 heterocycles. The molecule has 1 N–H and O–H groups in total. The number of rotatable bonds is 7. The molecule has 142 valence electrons. The van der Waals surface area contributed by atoms with Gasteiger partial charge in [-0.25, -0.2) is 5.43 Å². The Kier molecular flexibility index (Phi) is 6.81. The van der Waals surface area contributed by atoms with Gasteiger partial charge in [0.2, 0.25) is 0 Å². The molecule has 0 bridgehead atoms. The van der Waals surface area contributed by atoms with Crippen LogP contribution in [-0.4, -0.2) is 19.2 Å². The molecule has 5 nitrogen and oxygen atoms in total. The maximum Gasteiger partial charge on any atom is 0.271 e. The molecule has 0 saturated heterocycles. The van der Waals surface area contributed by atoms with E-state index in [0.29, 0.717) is 23.7 Å². The SMILES string of the molecule is COc1cccc(C(=O)N/N=C\c2ccccc2OCc2ccc(Br)cc2)c1. The Balaban J connectivity index is 1.63. The number of nitrogens with one attached hydrogen (secondary N) is 1. The summed E-state index contributed by atoms with van der Waals surface area (Å²) in [5.41, 5.74) is 4.81. The summed E-state index contributed by atoms with van der Waals surface area (Å²) < 4.78 is 12.1. The zero-order chi connectivity index (χ0) is 19.8. The second-order valence-electron chi connectivity index (χ2n) is 5.88. The predicted molar refractivity (Wildman–Crippen MR) is 113 cm³/mol. The van der Waals surface area contributed by atoms with Crippen molar-refractivity contribution in [3.05, 3.63) is 94.0 Å². The predicted octanol–water partition coefficient (Wildman–Crippen LogP) is 4.80. The molecule has 0 saturated carbocycles. The first-order valence-corrected chi connectivity index (χ1v) is 9.39. The average molecular weight is 439 g/mol. The van der Waals surface area contributed by atoms with Gasteiger partial charge in [-0.05, 0) is 48.0 Å². The fourth-order valence-corrected chi connectivity index (χ4v) is 2.71. The van der Waals surface area contributed by atoms with Crippen LogP contribution in [0.1, 0.15) is 21.5 Å². The quantitative estimate of drug-likeness (QED) is 0.425. The Labute approximate surface area is 172 Å². The Morgan fingerprint density at radius 3 is 2.64 bits per heavy atom. The lowest BCUT2D eigenvalue weighted by molar-refractivity contribution is 0.0954. The van der Waals surface area contributed by atoms with Gasteiger partial charge in [0.1, 0.15) is 18.1 Å². The van der Waals surface area contributed by atoms with E-state index in [2.05, 4.69) is 26.5 Å². The lowest BCUT2D eigenvalue weighted by atomic mass is 10.2. The van der Waals surface area contributed by atoms with Gasteiger partial charge in [-0.2, -0.15) is 5.10 Å².